The van der Waals surface area contributed by atoms with Crippen molar-refractivity contribution in [3.63, 3.8) is 0 Å². The Labute approximate surface area is 198 Å². The zero-order valence-electron chi connectivity index (χ0n) is 18.6. The van der Waals surface area contributed by atoms with Crippen molar-refractivity contribution in [1.82, 2.24) is 9.29 Å². The highest BCUT2D eigenvalue weighted by Gasteiger charge is 2.30. The first-order chi connectivity index (χ1) is 15.9. The Morgan fingerprint density at radius 2 is 1.85 bits per heavy atom. The number of anilines is 2. The first-order valence-corrected chi connectivity index (χ1v) is 13.6. The van der Waals surface area contributed by atoms with Crippen molar-refractivity contribution in [3.05, 3.63) is 42.6 Å². The molecule has 0 radical (unpaired) electrons. The number of para-hydroxylation sites is 2. The number of hydrogen-bond acceptors (Lipinski definition) is 6. The van der Waals surface area contributed by atoms with Crippen molar-refractivity contribution in [3.8, 4) is 0 Å². The third kappa shape index (κ3) is 5.39. The Hall–Kier alpha value is -2.43. The fraction of sp³-hybridized carbons (Fsp3) is 0.435. The van der Waals surface area contributed by atoms with Crippen LogP contribution in [0, 0.1) is 0 Å². The van der Waals surface area contributed by atoms with Gasteiger partial charge in [0.05, 0.1) is 22.2 Å². The highest BCUT2D eigenvalue weighted by molar-refractivity contribution is 7.99. The number of nitrogens with one attached hydrogen (secondary N) is 1. The lowest BCUT2D eigenvalue weighted by molar-refractivity contribution is -0.117. The molecule has 3 heterocycles. The fourth-order valence-electron chi connectivity index (χ4n) is 4.21. The second-order valence-corrected chi connectivity index (χ2v) is 11.3. The molecular formula is C23H28N4O4S2. The van der Waals surface area contributed by atoms with E-state index in [2.05, 4.69) is 10.3 Å². The van der Waals surface area contributed by atoms with E-state index in [1.807, 2.05) is 25.1 Å². The molecule has 176 valence electrons. The zero-order valence-corrected chi connectivity index (χ0v) is 20.2. The van der Waals surface area contributed by atoms with E-state index in [-0.39, 0.29) is 34.9 Å². The Morgan fingerprint density at radius 3 is 2.55 bits per heavy atom. The number of pyridine rings is 1. The number of hydrogen-bond donors (Lipinski definition) is 1. The molecule has 2 aromatic rings. The number of benzene rings is 1. The molecule has 1 N–H and O–H groups in total. The Morgan fingerprint density at radius 1 is 1.12 bits per heavy atom. The van der Waals surface area contributed by atoms with Gasteiger partial charge in [0, 0.05) is 31.7 Å². The molecule has 1 fully saturated rings. The van der Waals surface area contributed by atoms with Crippen LogP contribution in [0.1, 0.15) is 39.0 Å². The molecule has 4 rings (SSSR count). The van der Waals surface area contributed by atoms with E-state index in [9.17, 15) is 18.0 Å². The molecule has 0 aliphatic carbocycles. The van der Waals surface area contributed by atoms with Crippen LogP contribution in [0.15, 0.2) is 52.5 Å². The van der Waals surface area contributed by atoms with Crippen molar-refractivity contribution < 1.29 is 18.0 Å². The molecule has 0 bridgehead atoms. The van der Waals surface area contributed by atoms with Crippen molar-refractivity contribution >= 4 is 45.0 Å². The summed E-state index contributed by atoms with van der Waals surface area (Å²) in [7, 11) is -3.55. The van der Waals surface area contributed by atoms with Crippen LogP contribution in [0.2, 0.25) is 0 Å². The fourth-order valence-corrected chi connectivity index (χ4v) is 6.37. The van der Waals surface area contributed by atoms with Gasteiger partial charge in [0.2, 0.25) is 21.8 Å². The lowest BCUT2D eigenvalue weighted by atomic mass is 10.2. The van der Waals surface area contributed by atoms with Gasteiger partial charge < -0.3 is 10.2 Å². The van der Waals surface area contributed by atoms with Crippen LogP contribution in [0.25, 0.3) is 0 Å². The maximum Gasteiger partial charge on any atom is 0.244 e. The van der Waals surface area contributed by atoms with Gasteiger partial charge >= 0.3 is 0 Å². The molecule has 1 unspecified atom stereocenters. The summed E-state index contributed by atoms with van der Waals surface area (Å²) in [5.41, 5.74) is 1.29. The molecular weight excluding hydrogens is 460 g/mol. The third-order valence-corrected chi connectivity index (χ3v) is 8.69. The van der Waals surface area contributed by atoms with E-state index >= 15 is 0 Å². The molecule has 0 saturated carbocycles. The summed E-state index contributed by atoms with van der Waals surface area (Å²) in [5.74, 6) is -0.141. The van der Waals surface area contributed by atoms with E-state index in [1.165, 1.54) is 18.0 Å². The average Bonchev–Trinajstić information content (AvgIpc) is 3.15. The van der Waals surface area contributed by atoms with Crippen LogP contribution in [0.4, 0.5) is 11.4 Å². The van der Waals surface area contributed by atoms with E-state index < -0.39 is 10.0 Å². The summed E-state index contributed by atoms with van der Waals surface area (Å²) in [4.78, 5) is 31.4. The summed E-state index contributed by atoms with van der Waals surface area (Å²) >= 11 is 1.25. The Balaban J connectivity index is 1.44. The van der Waals surface area contributed by atoms with Crippen LogP contribution >= 0.6 is 11.8 Å². The summed E-state index contributed by atoms with van der Waals surface area (Å²) in [6.45, 7) is 2.94. The number of fused-ring (bicyclic) bond motifs is 1. The lowest BCUT2D eigenvalue weighted by Crippen LogP contribution is -2.40. The number of rotatable bonds is 5. The van der Waals surface area contributed by atoms with Crippen LogP contribution in [0.3, 0.4) is 0 Å². The molecule has 1 aromatic carbocycles. The van der Waals surface area contributed by atoms with Gasteiger partial charge in [-0.25, -0.2) is 13.4 Å². The number of aromatic nitrogens is 1. The number of carbonyl (C=O) groups excluding carboxylic acids is 2. The SMILES string of the molecule is CC1CC(=O)Nc2ccccc2N1C(=O)CSc1ccc(S(=O)(=O)N2CCCCCC2)cn1. The average molecular weight is 489 g/mol. The molecule has 8 nitrogen and oxygen atoms in total. The van der Waals surface area contributed by atoms with Crippen LogP contribution in [0.5, 0.6) is 0 Å². The number of nitrogens with zero attached hydrogens (tertiary/aromatic N) is 3. The molecule has 2 aliphatic rings. The zero-order chi connectivity index (χ0) is 23.4. The van der Waals surface area contributed by atoms with Gasteiger partial charge in [0.25, 0.3) is 0 Å². The van der Waals surface area contributed by atoms with Gasteiger partial charge in [-0.3, -0.25) is 9.59 Å². The van der Waals surface area contributed by atoms with E-state index in [1.54, 1.807) is 27.4 Å². The molecule has 10 heteroatoms. The van der Waals surface area contributed by atoms with Crippen molar-refractivity contribution in [2.24, 2.45) is 0 Å². The standard InChI is InChI=1S/C23H28N4O4S2/c1-17-14-21(28)25-19-8-4-5-9-20(19)27(17)23(29)16-32-22-11-10-18(15-24-22)33(30,31)26-12-6-2-3-7-13-26/h4-5,8-11,15,17H,2-3,6-7,12-14,16H2,1H3,(H,25,28). The molecule has 0 spiro atoms. The second kappa shape index (κ2) is 10.2. The minimum absolute atomic E-state index is 0.123. The second-order valence-electron chi connectivity index (χ2n) is 8.32. The van der Waals surface area contributed by atoms with E-state index in [0.717, 1.165) is 25.7 Å². The van der Waals surface area contributed by atoms with Crippen molar-refractivity contribution in [2.75, 3.05) is 29.1 Å². The number of thioether (sulfide) groups is 1. The van der Waals surface area contributed by atoms with Gasteiger partial charge in [-0.2, -0.15) is 4.31 Å². The molecule has 1 saturated heterocycles. The molecule has 1 atom stereocenters. The van der Waals surface area contributed by atoms with Gasteiger partial charge in [-0.15, -0.1) is 0 Å². The van der Waals surface area contributed by atoms with Gasteiger partial charge in [0.1, 0.15) is 4.90 Å². The van der Waals surface area contributed by atoms with Crippen molar-refractivity contribution in [1.29, 1.82) is 0 Å². The summed E-state index contributed by atoms with van der Waals surface area (Å²) in [5, 5.41) is 3.42. The highest BCUT2D eigenvalue weighted by Crippen LogP contribution is 2.32. The Kier molecular flexibility index (Phi) is 7.35. The van der Waals surface area contributed by atoms with Crippen molar-refractivity contribution in [2.45, 2.75) is 55.0 Å². The quantitative estimate of drug-likeness (QED) is 0.647. The van der Waals surface area contributed by atoms with E-state index in [4.69, 9.17) is 0 Å². The van der Waals surface area contributed by atoms with E-state index in [0.29, 0.717) is 29.5 Å². The first-order valence-electron chi connectivity index (χ1n) is 11.2. The molecule has 33 heavy (non-hydrogen) atoms. The molecule has 1 aromatic heterocycles. The maximum atomic E-state index is 13.1. The smallest absolute Gasteiger partial charge is 0.244 e. The number of carbonyl (C=O) groups is 2. The predicted octanol–water partition coefficient (Wildman–Crippen LogP) is 3.50. The first kappa shape index (κ1) is 23.7. The number of sulfonamides is 1. The largest absolute Gasteiger partial charge is 0.324 e. The van der Waals surface area contributed by atoms with Crippen LogP contribution < -0.4 is 10.2 Å². The predicted molar refractivity (Wildman–Crippen MR) is 129 cm³/mol. The van der Waals surface area contributed by atoms with Gasteiger partial charge in [-0.1, -0.05) is 36.7 Å². The molecule has 2 aliphatic heterocycles. The monoisotopic (exact) mass is 488 g/mol. The van der Waals surface area contributed by atoms with Gasteiger partial charge in [0.15, 0.2) is 0 Å². The maximum absolute atomic E-state index is 13.1. The highest BCUT2D eigenvalue weighted by atomic mass is 32.2. The lowest BCUT2D eigenvalue weighted by Gasteiger charge is -2.27. The third-order valence-electron chi connectivity index (χ3n) is 5.88. The summed E-state index contributed by atoms with van der Waals surface area (Å²) < 4.78 is 27.4. The van der Waals surface area contributed by atoms with Gasteiger partial charge in [-0.05, 0) is 44.0 Å². The molecule has 2 amide bonds. The topological polar surface area (TPSA) is 99.7 Å². The summed E-state index contributed by atoms with van der Waals surface area (Å²) in [6.07, 6.45) is 5.45. The van der Waals surface area contributed by atoms with Crippen LogP contribution in [-0.4, -0.2) is 54.4 Å². The Bertz CT molecular complexity index is 1110. The number of amides is 2. The normalized spacial score (nSPS) is 19.8. The summed E-state index contributed by atoms with van der Waals surface area (Å²) in [6, 6.07) is 10.2. The minimum atomic E-state index is -3.55. The van der Waals surface area contributed by atoms with Crippen LogP contribution in [-0.2, 0) is 19.6 Å². The minimum Gasteiger partial charge on any atom is -0.324 e.